The van der Waals surface area contributed by atoms with E-state index in [1.807, 2.05) is 49.4 Å². The number of amides is 4. The highest BCUT2D eigenvalue weighted by molar-refractivity contribution is 5.95. The Morgan fingerprint density at radius 1 is 0.792 bits per heavy atom. The summed E-state index contributed by atoms with van der Waals surface area (Å²) < 4.78 is 11.1. The summed E-state index contributed by atoms with van der Waals surface area (Å²) in [7, 11) is 0. The van der Waals surface area contributed by atoms with E-state index in [-0.39, 0.29) is 13.0 Å². The fraction of sp³-hybridized carbons (Fsp3) is 0.541. The average molecular weight is 667 g/mol. The SMILES string of the molecule is CCCCCCN(C(=O)C(CC(N)=O)NC(=O)OC(C)(C)C)C(C(=O)NC(Cc1ccccc1)C(=O)OC(C)(C)C)c1ccccc1C. The van der Waals surface area contributed by atoms with Crippen LogP contribution in [0, 0.1) is 6.92 Å². The molecule has 2 aromatic carbocycles. The molecule has 4 amide bonds. The lowest BCUT2D eigenvalue weighted by Gasteiger charge is -2.36. The van der Waals surface area contributed by atoms with Crippen LogP contribution in [0.3, 0.4) is 0 Å². The van der Waals surface area contributed by atoms with Gasteiger partial charge in [-0.15, -0.1) is 0 Å². The van der Waals surface area contributed by atoms with Gasteiger partial charge in [-0.05, 0) is 71.6 Å². The second-order valence-electron chi connectivity index (χ2n) is 14.0. The van der Waals surface area contributed by atoms with Crippen LogP contribution >= 0.6 is 0 Å². The quantitative estimate of drug-likeness (QED) is 0.162. The summed E-state index contributed by atoms with van der Waals surface area (Å²) in [5.74, 6) is -2.74. The molecule has 0 spiro atoms. The number of unbranched alkanes of at least 4 members (excludes halogenated alkanes) is 3. The number of esters is 1. The molecular formula is C37H54N4O7. The molecule has 2 aromatic rings. The number of hydrogen-bond acceptors (Lipinski definition) is 7. The molecule has 0 bridgehead atoms. The van der Waals surface area contributed by atoms with Gasteiger partial charge in [-0.1, -0.05) is 80.8 Å². The molecule has 0 aliphatic rings. The molecule has 0 aliphatic carbocycles. The number of nitrogens with zero attached hydrogens (tertiary/aromatic N) is 1. The van der Waals surface area contributed by atoms with Gasteiger partial charge in [0.1, 0.15) is 29.3 Å². The summed E-state index contributed by atoms with van der Waals surface area (Å²) in [6.45, 7) is 14.3. The first-order chi connectivity index (χ1) is 22.4. The van der Waals surface area contributed by atoms with Crippen LogP contribution in [0.15, 0.2) is 54.6 Å². The molecule has 0 aliphatic heterocycles. The molecule has 0 radical (unpaired) electrons. The number of carbonyl (C=O) groups is 5. The molecule has 0 fully saturated rings. The van der Waals surface area contributed by atoms with Gasteiger partial charge in [0.2, 0.25) is 17.7 Å². The predicted octanol–water partition coefficient (Wildman–Crippen LogP) is 5.28. The van der Waals surface area contributed by atoms with Gasteiger partial charge in [0.05, 0.1) is 6.42 Å². The third-order valence-corrected chi connectivity index (χ3v) is 7.26. The zero-order valence-corrected chi connectivity index (χ0v) is 29.8. The highest BCUT2D eigenvalue weighted by atomic mass is 16.6. The first-order valence-electron chi connectivity index (χ1n) is 16.6. The summed E-state index contributed by atoms with van der Waals surface area (Å²) in [4.78, 5) is 68.9. The Morgan fingerprint density at radius 2 is 1.40 bits per heavy atom. The molecule has 11 heteroatoms. The van der Waals surface area contributed by atoms with Crippen molar-refractivity contribution in [1.82, 2.24) is 15.5 Å². The molecule has 2 rings (SSSR count). The molecule has 48 heavy (non-hydrogen) atoms. The van der Waals surface area contributed by atoms with Crippen molar-refractivity contribution in [2.75, 3.05) is 6.54 Å². The number of hydrogen-bond donors (Lipinski definition) is 3. The minimum absolute atomic E-state index is 0.131. The van der Waals surface area contributed by atoms with Crippen molar-refractivity contribution in [2.45, 2.75) is 123 Å². The van der Waals surface area contributed by atoms with E-state index >= 15 is 0 Å². The van der Waals surface area contributed by atoms with Gasteiger partial charge in [0.15, 0.2) is 0 Å². The van der Waals surface area contributed by atoms with Crippen LogP contribution in [-0.2, 0) is 35.1 Å². The Bertz CT molecular complexity index is 1380. The van der Waals surface area contributed by atoms with Gasteiger partial charge >= 0.3 is 12.1 Å². The maximum Gasteiger partial charge on any atom is 0.408 e. The van der Waals surface area contributed by atoms with Crippen LogP contribution in [0.1, 0.15) is 103 Å². The summed E-state index contributed by atoms with van der Waals surface area (Å²) in [6.07, 6.45) is 1.90. The Labute approximate surface area is 285 Å². The van der Waals surface area contributed by atoms with Crippen LogP contribution in [0.2, 0.25) is 0 Å². The fourth-order valence-electron chi connectivity index (χ4n) is 5.14. The number of nitrogens with two attached hydrogens (primary N) is 1. The van der Waals surface area contributed by atoms with E-state index in [0.717, 1.165) is 30.4 Å². The topological polar surface area (TPSA) is 157 Å². The van der Waals surface area contributed by atoms with Crippen LogP contribution in [-0.4, -0.2) is 64.5 Å². The van der Waals surface area contributed by atoms with Crippen LogP contribution < -0.4 is 16.4 Å². The standard InChI is InChI=1S/C37H54N4O7/c1-9-10-11-17-22-41(33(44)28(24-30(38)42)40-35(46)48-37(6,7)8)31(27-21-16-15-18-25(27)2)32(43)39-29(34(45)47-36(3,4)5)23-26-19-13-12-14-20-26/h12-16,18-21,28-29,31H,9-11,17,22-24H2,1-8H3,(H2,38,42)(H,39,43)(H,40,46). The summed E-state index contributed by atoms with van der Waals surface area (Å²) >= 11 is 0. The Morgan fingerprint density at radius 3 is 1.96 bits per heavy atom. The molecular weight excluding hydrogens is 612 g/mol. The molecule has 3 atom stereocenters. The minimum Gasteiger partial charge on any atom is -0.458 e. The van der Waals surface area contributed by atoms with Crippen molar-refractivity contribution >= 4 is 29.8 Å². The van der Waals surface area contributed by atoms with E-state index in [0.29, 0.717) is 12.0 Å². The molecule has 264 valence electrons. The zero-order valence-electron chi connectivity index (χ0n) is 29.8. The van der Waals surface area contributed by atoms with Crippen molar-refractivity contribution in [3.8, 4) is 0 Å². The van der Waals surface area contributed by atoms with Crippen molar-refractivity contribution in [3.05, 3.63) is 71.3 Å². The van der Waals surface area contributed by atoms with E-state index in [1.165, 1.54) is 4.90 Å². The monoisotopic (exact) mass is 666 g/mol. The second-order valence-corrected chi connectivity index (χ2v) is 14.0. The van der Waals surface area contributed by atoms with Crippen LogP contribution in [0.25, 0.3) is 0 Å². The van der Waals surface area contributed by atoms with Gasteiger partial charge < -0.3 is 30.7 Å². The molecule has 0 saturated heterocycles. The van der Waals surface area contributed by atoms with Gasteiger partial charge in [-0.3, -0.25) is 14.4 Å². The lowest BCUT2D eigenvalue weighted by Crippen LogP contribution is -2.56. The van der Waals surface area contributed by atoms with Gasteiger partial charge in [0.25, 0.3) is 0 Å². The maximum atomic E-state index is 14.5. The third kappa shape index (κ3) is 13.8. The summed E-state index contributed by atoms with van der Waals surface area (Å²) in [5, 5.41) is 5.40. The van der Waals surface area contributed by atoms with Gasteiger partial charge in [-0.2, -0.15) is 0 Å². The van der Waals surface area contributed by atoms with Gasteiger partial charge in [-0.25, -0.2) is 9.59 Å². The number of nitrogens with one attached hydrogen (secondary N) is 2. The second kappa shape index (κ2) is 18.2. The summed E-state index contributed by atoms with van der Waals surface area (Å²) in [6, 6.07) is 12.7. The molecule has 3 unspecified atom stereocenters. The number of ether oxygens (including phenoxy) is 2. The van der Waals surface area contributed by atoms with E-state index < -0.39 is 65.5 Å². The lowest BCUT2D eigenvalue weighted by molar-refractivity contribution is -0.159. The molecule has 11 nitrogen and oxygen atoms in total. The van der Waals surface area contributed by atoms with Crippen molar-refractivity contribution in [1.29, 1.82) is 0 Å². The Balaban J connectivity index is 2.65. The normalized spacial score (nSPS) is 13.4. The smallest absolute Gasteiger partial charge is 0.408 e. The van der Waals surface area contributed by atoms with Crippen molar-refractivity contribution in [2.24, 2.45) is 5.73 Å². The summed E-state index contributed by atoms with van der Waals surface area (Å²) in [5.41, 5.74) is 5.90. The van der Waals surface area contributed by atoms with Gasteiger partial charge in [0, 0.05) is 13.0 Å². The molecule has 0 heterocycles. The van der Waals surface area contributed by atoms with E-state index in [2.05, 4.69) is 17.6 Å². The number of carbonyl (C=O) groups excluding carboxylic acids is 5. The van der Waals surface area contributed by atoms with Crippen LogP contribution in [0.4, 0.5) is 4.79 Å². The maximum absolute atomic E-state index is 14.5. The minimum atomic E-state index is -1.41. The average Bonchev–Trinajstić information content (AvgIpc) is 2.97. The van der Waals surface area contributed by atoms with Crippen molar-refractivity contribution < 1.29 is 33.4 Å². The highest BCUT2D eigenvalue weighted by Crippen LogP contribution is 2.27. The Hall–Kier alpha value is -4.41. The van der Waals surface area contributed by atoms with E-state index in [4.69, 9.17) is 15.2 Å². The number of benzene rings is 2. The lowest BCUT2D eigenvalue weighted by atomic mass is 9.96. The predicted molar refractivity (Wildman–Crippen MR) is 185 cm³/mol. The number of rotatable bonds is 16. The zero-order chi connectivity index (χ0) is 36.1. The highest BCUT2D eigenvalue weighted by Gasteiger charge is 2.39. The number of primary amides is 1. The van der Waals surface area contributed by atoms with E-state index in [9.17, 15) is 24.0 Å². The molecule has 4 N–H and O–H groups in total. The fourth-order valence-corrected chi connectivity index (χ4v) is 5.14. The number of alkyl carbamates (subject to hydrolysis) is 1. The molecule has 0 aromatic heterocycles. The van der Waals surface area contributed by atoms with E-state index in [1.54, 1.807) is 53.7 Å². The largest absolute Gasteiger partial charge is 0.458 e. The van der Waals surface area contributed by atoms with Crippen molar-refractivity contribution in [3.63, 3.8) is 0 Å². The third-order valence-electron chi connectivity index (χ3n) is 7.26. The first kappa shape index (κ1) is 39.8. The number of aryl methyl sites for hydroxylation is 1. The molecule has 0 saturated carbocycles. The Kier molecular flexibility index (Phi) is 15.1. The van der Waals surface area contributed by atoms with Crippen LogP contribution in [0.5, 0.6) is 0 Å². The first-order valence-corrected chi connectivity index (χ1v) is 16.6.